The summed E-state index contributed by atoms with van der Waals surface area (Å²) in [5.41, 5.74) is -0.856. The van der Waals surface area contributed by atoms with Crippen molar-refractivity contribution in [3.05, 3.63) is 0 Å². The minimum absolute atomic E-state index is 0.123. The lowest BCUT2D eigenvalue weighted by atomic mass is 9.72. The third-order valence-corrected chi connectivity index (χ3v) is 4.63. The maximum Gasteiger partial charge on any atom is 0.263 e. The van der Waals surface area contributed by atoms with Crippen LogP contribution < -0.4 is 10.6 Å². The summed E-state index contributed by atoms with van der Waals surface area (Å²) in [6.07, 6.45) is 4.31. The Balaban J connectivity index is 1.70. The summed E-state index contributed by atoms with van der Waals surface area (Å²) in [4.78, 5) is 31.1. The molecule has 2 N–H and O–H groups in total. The number of hydrogen-bond acceptors (Lipinski definition) is 4. The Morgan fingerprint density at radius 3 is 2.45 bits per heavy atom. The van der Waals surface area contributed by atoms with Crippen LogP contribution in [0.15, 0.2) is 4.99 Å². The summed E-state index contributed by atoms with van der Waals surface area (Å²) in [7, 11) is 0. The van der Waals surface area contributed by atoms with Crippen LogP contribution in [0.3, 0.4) is 0 Å². The fraction of sp³-hybridized carbons (Fsp3) is 0.786. The van der Waals surface area contributed by atoms with Gasteiger partial charge in [0, 0.05) is 26.2 Å². The molecule has 0 aromatic rings. The lowest BCUT2D eigenvalue weighted by Gasteiger charge is -2.36. The molecule has 1 spiro atoms. The first kappa shape index (κ1) is 13.7. The van der Waals surface area contributed by atoms with Gasteiger partial charge in [0.15, 0.2) is 0 Å². The molecular weight excluding hydrogens is 256 g/mol. The van der Waals surface area contributed by atoms with E-state index in [2.05, 4.69) is 20.5 Å². The number of nitrogens with one attached hydrogen (secondary N) is 2. The molecule has 0 radical (unpaired) electrons. The number of nitrogens with zero attached hydrogens (tertiary/aromatic N) is 2. The van der Waals surface area contributed by atoms with Crippen LogP contribution in [0.5, 0.6) is 0 Å². The van der Waals surface area contributed by atoms with Crippen molar-refractivity contribution in [3.63, 3.8) is 0 Å². The third kappa shape index (κ3) is 2.50. The molecule has 0 bridgehead atoms. The van der Waals surface area contributed by atoms with E-state index in [9.17, 15) is 9.59 Å². The van der Waals surface area contributed by atoms with E-state index in [0.717, 1.165) is 45.4 Å². The highest BCUT2D eigenvalue weighted by Gasteiger charge is 2.49. The molecule has 3 aliphatic rings. The molecule has 20 heavy (non-hydrogen) atoms. The molecule has 1 aliphatic carbocycles. The highest BCUT2D eigenvalue weighted by molar-refractivity contribution is 6.19. The lowest BCUT2D eigenvalue weighted by molar-refractivity contribution is -0.144. The van der Waals surface area contributed by atoms with Crippen LogP contribution in [-0.2, 0) is 9.59 Å². The summed E-state index contributed by atoms with van der Waals surface area (Å²) >= 11 is 0. The monoisotopic (exact) mass is 278 g/mol. The predicted octanol–water partition coefficient (Wildman–Crippen LogP) is -0.103. The molecule has 0 aromatic heterocycles. The van der Waals surface area contributed by atoms with Crippen LogP contribution >= 0.6 is 0 Å². The second-order valence-electron chi connectivity index (χ2n) is 5.99. The molecule has 6 heteroatoms. The molecule has 2 amide bonds. The van der Waals surface area contributed by atoms with Gasteiger partial charge in [-0.1, -0.05) is 19.3 Å². The summed E-state index contributed by atoms with van der Waals surface area (Å²) in [5.74, 6) is 0.187. The van der Waals surface area contributed by atoms with E-state index >= 15 is 0 Å². The molecule has 0 unspecified atom stereocenters. The molecule has 1 saturated heterocycles. The van der Waals surface area contributed by atoms with Gasteiger partial charge in [-0.15, -0.1) is 0 Å². The van der Waals surface area contributed by atoms with Crippen molar-refractivity contribution < 1.29 is 9.59 Å². The van der Waals surface area contributed by atoms with E-state index in [1.54, 1.807) is 0 Å². The Kier molecular flexibility index (Phi) is 3.85. The van der Waals surface area contributed by atoms with Crippen molar-refractivity contribution in [1.82, 2.24) is 15.5 Å². The number of aliphatic imine (C=N–C) groups is 1. The maximum atomic E-state index is 12.4. The number of carbonyl (C=O) groups is 2. The van der Waals surface area contributed by atoms with Gasteiger partial charge in [-0.3, -0.25) is 14.5 Å². The van der Waals surface area contributed by atoms with Gasteiger partial charge in [-0.05, 0) is 12.8 Å². The summed E-state index contributed by atoms with van der Waals surface area (Å²) in [6, 6.07) is 0. The van der Waals surface area contributed by atoms with Crippen molar-refractivity contribution in [2.75, 3.05) is 32.7 Å². The molecule has 0 aromatic carbocycles. The Bertz CT molecular complexity index is 434. The van der Waals surface area contributed by atoms with Gasteiger partial charge in [0.1, 0.15) is 11.3 Å². The van der Waals surface area contributed by atoms with Gasteiger partial charge in [0.05, 0.1) is 6.54 Å². The first-order valence-corrected chi connectivity index (χ1v) is 7.57. The third-order valence-electron chi connectivity index (χ3n) is 4.63. The predicted molar refractivity (Wildman–Crippen MR) is 75.4 cm³/mol. The van der Waals surface area contributed by atoms with E-state index in [1.165, 1.54) is 0 Å². The summed E-state index contributed by atoms with van der Waals surface area (Å²) in [6.45, 7) is 4.30. The summed E-state index contributed by atoms with van der Waals surface area (Å²) < 4.78 is 0. The van der Waals surface area contributed by atoms with Gasteiger partial charge in [0.25, 0.3) is 5.91 Å². The Morgan fingerprint density at radius 2 is 1.80 bits per heavy atom. The fourth-order valence-corrected chi connectivity index (χ4v) is 3.36. The second kappa shape index (κ2) is 5.61. The van der Waals surface area contributed by atoms with Gasteiger partial charge in [-0.2, -0.15) is 4.99 Å². The first-order chi connectivity index (χ1) is 9.71. The standard InChI is InChI=1S/C14H22N4O2/c19-12-14(4-2-1-3-5-14)13(20)17-11(16-12)10-18-8-6-15-7-9-18/h15H,1-10H2,(H,16,17,19,20). The van der Waals surface area contributed by atoms with Gasteiger partial charge >= 0.3 is 0 Å². The van der Waals surface area contributed by atoms with Crippen molar-refractivity contribution in [2.24, 2.45) is 10.4 Å². The average Bonchev–Trinajstić information content (AvgIpc) is 2.47. The molecular formula is C14H22N4O2. The maximum absolute atomic E-state index is 12.4. The molecule has 1 saturated carbocycles. The number of amidine groups is 1. The number of piperazine rings is 1. The lowest BCUT2D eigenvalue weighted by Crippen LogP contribution is -2.56. The van der Waals surface area contributed by atoms with E-state index in [1.807, 2.05) is 0 Å². The molecule has 3 rings (SSSR count). The number of amides is 2. The van der Waals surface area contributed by atoms with E-state index in [-0.39, 0.29) is 11.8 Å². The van der Waals surface area contributed by atoms with Gasteiger partial charge in [0.2, 0.25) is 5.91 Å². The van der Waals surface area contributed by atoms with Crippen molar-refractivity contribution >= 4 is 17.6 Å². The zero-order chi connectivity index (χ0) is 14.0. The number of rotatable bonds is 2. The average molecular weight is 278 g/mol. The zero-order valence-electron chi connectivity index (χ0n) is 11.8. The Morgan fingerprint density at radius 1 is 1.10 bits per heavy atom. The summed E-state index contributed by atoms with van der Waals surface area (Å²) in [5, 5.41) is 6.16. The molecule has 2 heterocycles. The molecule has 6 nitrogen and oxygen atoms in total. The molecule has 110 valence electrons. The van der Waals surface area contributed by atoms with Crippen molar-refractivity contribution in [1.29, 1.82) is 0 Å². The highest BCUT2D eigenvalue weighted by Crippen LogP contribution is 2.39. The number of hydrogen-bond donors (Lipinski definition) is 2. The van der Waals surface area contributed by atoms with Crippen molar-refractivity contribution in [3.8, 4) is 0 Å². The van der Waals surface area contributed by atoms with Gasteiger partial charge < -0.3 is 10.6 Å². The van der Waals surface area contributed by atoms with Crippen LogP contribution in [0.2, 0.25) is 0 Å². The molecule has 2 fully saturated rings. The highest BCUT2D eigenvalue weighted by atomic mass is 16.2. The van der Waals surface area contributed by atoms with E-state index in [4.69, 9.17) is 0 Å². The fourth-order valence-electron chi connectivity index (χ4n) is 3.36. The SMILES string of the molecule is O=C1N=C(CN2CCNCC2)NC(=O)C12CCCCC2. The van der Waals surface area contributed by atoms with E-state index < -0.39 is 5.41 Å². The molecule has 2 aliphatic heterocycles. The van der Waals surface area contributed by atoms with Crippen LogP contribution in [0.25, 0.3) is 0 Å². The smallest absolute Gasteiger partial charge is 0.263 e. The molecule has 0 atom stereocenters. The quantitative estimate of drug-likeness (QED) is 0.692. The normalized spacial score (nSPS) is 27.3. The second-order valence-corrected chi connectivity index (χ2v) is 5.99. The Hall–Kier alpha value is -1.27. The van der Waals surface area contributed by atoms with Crippen LogP contribution in [0.1, 0.15) is 32.1 Å². The van der Waals surface area contributed by atoms with Crippen LogP contribution in [-0.4, -0.2) is 55.3 Å². The Labute approximate surface area is 119 Å². The topological polar surface area (TPSA) is 73.8 Å². The zero-order valence-corrected chi connectivity index (χ0v) is 11.8. The van der Waals surface area contributed by atoms with Crippen molar-refractivity contribution in [2.45, 2.75) is 32.1 Å². The minimum atomic E-state index is -0.856. The van der Waals surface area contributed by atoms with Crippen LogP contribution in [0.4, 0.5) is 0 Å². The van der Waals surface area contributed by atoms with E-state index in [0.29, 0.717) is 25.2 Å². The van der Waals surface area contributed by atoms with Crippen LogP contribution in [0, 0.1) is 5.41 Å². The first-order valence-electron chi connectivity index (χ1n) is 7.57. The number of carbonyl (C=O) groups excluding carboxylic acids is 2. The minimum Gasteiger partial charge on any atom is -0.314 e. The van der Waals surface area contributed by atoms with Gasteiger partial charge in [-0.25, -0.2) is 0 Å². The largest absolute Gasteiger partial charge is 0.314 e.